The number of para-hydroxylation sites is 4. The topological polar surface area (TPSA) is 114 Å². The van der Waals surface area contributed by atoms with Gasteiger partial charge in [0, 0.05) is 27.2 Å². The minimum absolute atomic E-state index is 0.0314. The van der Waals surface area contributed by atoms with Gasteiger partial charge in [0.1, 0.15) is 6.04 Å². The van der Waals surface area contributed by atoms with E-state index in [0.717, 1.165) is 15.4 Å². The van der Waals surface area contributed by atoms with Crippen LogP contribution in [0, 0.1) is 0 Å². The number of carbonyl (C=O) groups excluding carboxylic acids is 3. The summed E-state index contributed by atoms with van der Waals surface area (Å²) in [7, 11) is -1.61. The predicted octanol–water partition coefficient (Wildman–Crippen LogP) is 5.30. The average Bonchev–Trinajstić information content (AvgIpc) is 3.25. The van der Waals surface area contributed by atoms with Crippen molar-refractivity contribution in [1.82, 2.24) is 18.8 Å². The number of anilines is 4. The number of hydrogen-bond acceptors (Lipinski definition) is 5. The Morgan fingerprint density at radius 2 is 1.19 bits per heavy atom. The van der Waals surface area contributed by atoms with E-state index in [1.807, 2.05) is 97.1 Å². The molecule has 1 atom stereocenters. The molecule has 0 spiro atoms. The number of rotatable bonds is 5. The van der Waals surface area contributed by atoms with Crippen molar-refractivity contribution in [3.05, 3.63) is 120 Å². The second kappa shape index (κ2) is 13.1. The van der Waals surface area contributed by atoms with Gasteiger partial charge >= 0.3 is 22.3 Å². The summed E-state index contributed by atoms with van der Waals surface area (Å²) in [4.78, 5) is 48.7. The minimum Gasteiger partial charge on any atom is -0.320 e. The van der Waals surface area contributed by atoms with Crippen molar-refractivity contribution in [2.75, 3.05) is 43.5 Å². The molecular weight excluding hydrogens is 616 g/mol. The first kappa shape index (κ1) is 31.5. The molecule has 5 amide bonds. The summed E-state index contributed by atoms with van der Waals surface area (Å²) in [5, 5.41) is 0. The smallest absolute Gasteiger partial charge is 0.320 e. The molecule has 6 rings (SSSR count). The van der Waals surface area contributed by atoms with Gasteiger partial charge in [-0.3, -0.25) is 14.6 Å². The van der Waals surface area contributed by atoms with Crippen LogP contribution in [0.15, 0.2) is 109 Å². The Balaban J connectivity index is 1.38. The average molecular weight is 651 g/mol. The standard InChI is InChI=1S/C35H34N6O5S/c1-37(2)47(45,46)36-33(42)32-25-38(34(43)40(28-15-5-3-6-16-28)29-17-7-4-8-18-29)23-24-39(32)35(44)41-30-19-11-9-13-26(30)21-22-27-14-10-12-20-31(27)41/h3-22,32H,23-25H2,1-2H3,(H,36,42)/t32-/m0/s1. The molecule has 0 radical (unpaired) electrons. The van der Waals surface area contributed by atoms with Gasteiger partial charge in [0.15, 0.2) is 0 Å². The van der Waals surface area contributed by atoms with E-state index in [-0.39, 0.29) is 19.6 Å². The highest BCUT2D eigenvalue weighted by Crippen LogP contribution is 2.38. The number of benzene rings is 4. The Hall–Kier alpha value is -5.46. The monoisotopic (exact) mass is 650 g/mol. The van der Waals surface area contributed by atoms with Crippen molar-refractivity contribution in [1.29, 1.82) is 0 Å². The van der Waals surface area contributed by atoms with Crippen LogP contribution >= 0.6 is 0 Å². The van der Waals surface area contributed by atoms with E-state index in [1.165, 1.54) is 28.8 Å². The lowest BCUT2D eigenvalue weighted by Gasteiger charge is -2.43. The largest absolute Gasteiger partial charge is 0.329 e. The molecule has 0 aliphatic carbocycles. The van der Waals surface area contributed by atoms with E-state index in [9.17, 15) is 22.8 Å². The van der Waals surface area contributed by atoms with Crippen molar-refractivity contribution in [3.63, 3.8) is 0 Å². The first-order valence-electron chi connectivity index (χ1n) is 15.1. The number of nitrogens with one attached hydrogen (secondary N) is 1. The number of nitrogens with zero attached hydrogens (tertiary/aromatic N) is 5. The molecule has 11 nitrogen and oxygen atoms in total. The third-order valence-electron chi connectivity index (χ3n) is 8.12. The van der Waals surface area contributed by atoms with Gasteiger partial charge in [-0.25, -0.2) is 14.3 Å². The summed E-state index contributed by atoms with van der Waals surface area (Å²) >= 11 is 0. The first-order chi connectivity index (χ1) is 22.7. The van der Waals surface area contributed by atoms with Gasteiger partial charge in [0.05, 0.1) is 29.3 Å². The minimum atomic E-state index is -4.21. The zero-order valence-corrected chi connectivity index (χ0v) is 26.7. The van der Waals surface area contributed by atoms with Crippen LogP contribution in [0.3, 0.4) is 0 Å². The Bertz CT molecular complexity index is 1850. The van der Waals surface area contributed by atoms with Crippen LogP contribution in [-0.4, -0.2) is 80.3 Å². The zero-order chi connectivity index (χ0) is 33.1. The Morgan fingerprint density at radius 1 is 0.702 bits per heavy atom. The number of carbonyl (C=O) groups is 3. The van der Waals surface area contributed by atoms with Crippen molar-refractivity contribution < 1.29 is 22.8 Å². The molecular formula is C35H34N6O5S. The van der Waals surface area contributed by atoms with E-state index >= 15 is 0 Å². The number of fused-ring (bicyclic) bond motifs is 2. The van der Waals surface area contributed by atoms with Crippen molar-refractivity contribution in [2.24, 2.45) is 0 Å². The second-order valence-corrected chi connectivity index (χ2v) is 13.2. The third kappa shape index (κ3) is 6.33. The summed E-state index contributed by atoms with van der Waals surface area (Å²) in [6, 6.07) is 30.8. The second-order valence-electron chi connectivity index (χ2n) is 11.3. The summed E-state index contributed by atoms with van der Waals surface area (Å²) in [5.74, 6) is -0.926. The first-order valence-corrected chi connectivity index (χ1v) is 16.5. The lowest BCUT2D eigenvalue weighted by molar-refractivity contribution is -0.125. The molecule has 1 saturated heterocycles. The highest BCUT2D eigenvalue weighted by Gasteiger charge is 2.42. The fourth-order valence-corrected chi connectivity index (χ4v) is 6.24. The number of piperazine rings is 1. The van der Waals surface area contributed by atoms with Crippen molar-refractivity contribution in [2.45, 2.75) is 6.04 Å². The van der Waals surface area contributed by atoms with Gasteiger partial charge in [0.25, 0.3) is 5.91 Å². The summed E-state index contributed by atoms with van der Waals surface area (Å²) in [6.45, 7) is -0.179. The van der Waals surface area contributed by atoms with Gasteiger partial charge in [-0.05, 0) is 47.5 Å². The van der Waals surface area contributed by atoms with E-state index in [2.05, 4.69) is 4.72 Å². The van der Waals surface area contributed by atoms with Crippen LogP contribution in [0.2, 0.25) is 0 Å². The molecule has 0 bridgehead atoms. The SMILES string of the molecule is CN(C)S(=O)(=O)NC(=O)[C@@H]1CN(C(=O)N(c2ccccc2)c2ccccc2)CCN1C(=O)N1c2ccccc2C=Cc2ccccc21. The molecule has 2 heterocycles. The lowest BCUT2D eigenvalue weighted by atomic mass is 10.1. The van der Waals surface area contributed by atoms with Crippen LogP contribution in [0.25, 0.3) is 12.2 Å². The van der Waals surface area contributed by atoms with E-state index in [4.69, 9.17) is 0 Å². The quantitative estimate of drug-likeness (QED) is 0.315. The summed E-state index contributed by atoms with van der Waals surface area (Å²) < 4.78 is 28.6. The van der Waals surface area contributed by atoms with E-state index in [1.54, 1.807) is 29.2 Å². The van der Waals surface area contributed by atoms with Gasteiger partial charge in [-0.1, -0.05) is 84.9 Å². The fraction of sp³-hybridized carbons (Fsp3) is 0.171. The van der Waals surface area contributed by atoms with Gasteiger partial charge < -0.3 is 9.80 Å². The fourth-order valence-electron chi connectivity index (χ4n) is 5.67. The van der Waals surface area contributed by atoms with Crippen LogP contribution in [-0.2, 0) is 15.0 Å². The maximum Gasteiger partial charge on any atom is 0.329 e. The summed E-state index contributed by atoms with van der Waals surface area (Å²) in [5.41, 5.74) is 4.03. The molecule has 0 unspecified atom stereocenters. The van der Waals surface area contributed by atoms with Gasteiger partial charge in [-0.15, -0.1) is 0 Å². The molecule has 1 N–H and O–H groups in total. The van der Waals surface area contributed by atoms with E-state index in [0.29, 0.717) is 22.7 Å². The Kier molecular flexibility index (Phi) is 8.79. The van der Waals surface area contributed by atoms with Gasteiger partial charge in [0.2, 0.25) is 0 Å². The third-order valence-corrected chi connectivity index (χ3v) is 9.54. The maximum atomic E-state index is 14.7. The zero-order valence-electron chi connectivity index (χ0n) is 25.9. The van der Waals surface area contributed by atoms with Crippen LogP contribution < -0.4 is 14.5 Å². The molecule has 240 valence electrons. The van der Waals surface area contributed by atoms with Crippen LogP contribution in [0.5, 0.6) is 0 Å². The molecule has 0 aromatic heterocycles. The predicted molar refractivity (Wildman–Crippen MR) is 183 cm³/mol. The molecule has 12 heteroatoms. The summed E-state index contributed by atoms with van der Waals surface area (Å²) in [6.07, 6.45) is 3.85. The highest BCUT2D eigenvalue weighted by atomic mass is 32.2. The number of hydrogen-bond donors (Lipinski definition) is 1. The molecule has 4 aromatic rings. The van der Waals surface area contributed by atoms with E-state index < -0.39 is 34.2 Å². The maximum absolute atomic E-state index is 14.7. The number of urea groups is 2. The van der Waals surface area contributed by atoms with Crippen molar-refractivity contribution >= 4 is 63.1 Å². The highest BCUT2D eigenvalue weighted by molar-refractivity contribution is 7.87. The molecule has 0 saturated carbocycles. The van der Waals surface area contributed by atoms with Crippen molar-refractivity contribution in [3.8, 4) is 0 Å². The molecule has 2 aliphatic heterocycles. The lowest BCUT2D eigenvalue weighted by Crippen LogP contribution is -2.65. The van der Waals surface area contributed by atoms with Gasteiger partial charge in [-0.2, -0.15) is 12.7 Å². The van der Waals surface area contributed by atoms with Crippen LogP contribution in [0.1, 0.15) is 11.1 Å². The normalized spacial score (nSPS) is 15.8. The Labute approximate surface area is 274 Å². The molecule has 2 aliphatic rings. The Morgan fingerprint density at radius 3 is 1.70 bits per heavy atom. The molecule has 1 fully saturated rings. The van der Waals surface area contributed by atoms with Crippen LogP contribution in [0.4, 0.5) is 32.3 Å². The molecule has 47 heavy (non-hydrogen) atoms. The number of amides is 5. The molecule has 4 aromatic carbocycles.